The van der Waals surface area contributed by atoms with Gasteiger partial charge in [0, 0.05) is 36.3 Å². The number of hydrogen-bond acceptors (Lipinski definition) is 4. The van der Waals surface area contributed by atoms with Crippen LogP contribution < -0.4 is 5.73 Å². The highest BCUT2D eigenvalue weighted by Gasteiger charge is 2.31. The maximum Gasteiger partial charge on any atom is 0.246 e. The molecule has 8 heteroatoms. The highest BCUT2D eigenvalue weighted by atomic mass is 79.9. The molecular formula is C13H18BrFN2O3S. The van der Waals surface area contributed by atoms with Crippen molar-refractivity contribution in [2.24, 2.45) is 5.73 Å². The number of hydrogen-bond donors (Lipinski definition) is 1. The second-order valence-corrected chi connectivity index (χ2v) is 7.80. The smallest absolute Gasteiger partial charge is 0.246 e. The van der Waals surface area contributed by atoms with E-state index in [1.165, 1.54) is 16.4 Å². The molecule has 1 unspecified atom stereocenters. The van der Waals surface area contributed by atoms with Gasteiger partial charge in [0.2, 0.25) is 10.0 Å². The Kier molecular flexibility index (Phi) is 5.37. The standard InChI is InChI=1S/C13H18BrFN2O3S/c1-9-8-17(3-2-4-20-9)21(18,19)12-6-11(14)5-10(7-16)13(12)15/h5-6,9H,2-4,7-8,16H2,1H3. The molecule has 1 fully saturated rings. The van der Waals surface area contributed by atoms with Crippen molar-refractivity contribution < 1.29 is 17.5 Å². The van der Waals surface area contributed by atoms with Crippen LogP contribution in [-0.4, -0.2) is 38.5 Å². The zero-order valence-electron chi connectivity index (χ0n) is 11.7. The Morgan fingerprint density at radius 1 is 1.52 bits per heavy atom. The van der Waals surface area contributed by atoms with Gasteiger partial charge in [-0.2, -0.15) is 4.31 Å². The van der Waals surface area contributed by atoms with Gasteiger partial charge in [-0.05, 0) is 25.5 Å². The SMILES string of the molecule is CC1CN(S(=O)(=O)c2cc(Br)cc(CN)c2F)CCCO1. The van der Waals surface area contributed by atoms with Gasteiger partial charge in [-0.1, -0.05) is 15.9 Å². The number of rotatable bonds is 3. The van der Waals surface area contributed by atoms with E-state index >= 15 is 0 Å². The average Bonchev–Trinajstić information content (AvgIpc) is 2.66. The normalized spacial score (nSPS) is 21.2. The van der Waals surface area contributed by atoms with E-state index in [4.69, 9.17) is 10.5 Å². The van der Waals surface area contributed by atoms with E-state index in [2.05, 4.69) is 15.9 Å². The Morgan fingerprint density at radius 3 is 2.90 bits per heavy atom. The molecule has 0 saturated carbocycles. The van der Waals surface area contributed by atoms with Gasteiger partial charge in [0.05, 0.1) is 6.10 Å². The molecule has 0 bridgehead atoms. The lowest BCUT2D eigenvalue weighted by atomic mass is 10.2. The number of benzene rings is 1. The predicted octanol–water partition coefficient (Wildman–Crippen LogP) is 1.85. The van der Waals surface area contributed by atoms with E-state index in [1.54, 1.807) is 6.92 Å². The third-order valence-corrected chi connectivity index (χ3v) is 5.65. The number of halogens is 2. The molecule has 0 spiro atoms. The summed E-state index contributed by atoms with van der Waals surface area (Å²) in [5.41, 5.74) is 5.64. The molecule has 1 aliphatic heterocycles. The summed E-state index contributed by atoms with van der Waals surface area (Å²) < 4.78 is 47.0. The monoisotopic (exact) mass is 380 g/mol. The van der Waals surface area contributed by atoms with Crippen LogP contribution in [-0.2, 0) is 21.3 Å². The second-order valence-electron chi connectivity index (χ2n) is 4.98. The van der Waals surface area contributed by atoms with E-state index in [1.807, 2.05) is 0 Å². The molecule has 2 rings (SSSR count). The van der Waals surface area contributed by atoms with E-state index in [0.29, 0.717) is 24.0 Å². The highest BCUT2D eigenvalue weighted by molar-refractivity contribution is 9.10. The first kappa shape index (κ1) is 16.8. The third-order valence-electron chi connectivity index (χ3n) is 3.33. The van der Waals surface area contributed by atoms with Crippen molar-refractivity contribution in [3.63, 3.8) is 0 Å². The average molecular weight is 381 g/mol. The molecule has 21 heavy (non-hydrogen) atoms. The third kappa shape index (κ3) is 3.62. The molecule has 1 atom stereocenters. The van der Waals surface area contributed by atoms with Gasteiger partial charge in [0.25, 0.3) is 0 Å². The summed E-state index contributed by atoms with van der Waals surface area (Å²) in [5, 5.41) is 0. The second kappa shape index (κ2) is 6.70. The van der Waals surface area contributed by atoms with Crippen LogP contribution in [0.1, 0.15) is 18.9 Å². The summed E-state index contributed by atoms with van der Waals surface area (Å²) in [5.74, 6) is -0.779. The summed E-state index contributed by atoms with van der Waals surface area (Å²) in [6.45, 7) is 2.77. The summed E-state index contributed by atoms with van der Waals surface area (Å²) in [6, 6.07) is 2.77. The molecule has 0 amide bonds. The Hall–Kier alpha value is -0.540. The largest absolute Gasteiger partial charge is 0.377 e. The first-order valence-electron chi connectivity index (χ1n) is 6.66. The molecule has 0 radical (unpaired) electrons. The van der Waals surface area contributed by atoms with Crippen LogP contribution in [0.3, 0.4) is 0 Å². The van der Waals surface area contributed by atoms with Crippen molar-refractivity contribution >= 4 is 26.0 Å². The molecule has 2 N–H and O–H groups in total. The van der Waals surface area contributed by atoms with Crippen LogP contribution in [0, 0.1) is 5.82 Å². The molecule has 1 saturated heterocycles. The Bertz CT molecular complexity index is 624. The van der Waals surface area contributed by atoms with Gasteiger partial charge >= 0.3 is 0 Å². The van der Waals surface area contributed by atoms with Gasteiger partial charge in [0.1, 0.15) is 10.7 Å². The van der Waals surface area contributed by atoms with Crippen LogP contribution in [0.4, 0.5) is 4.39 Å². The van der Waals surface area contributed by atoms with Crippen molar-refractivity contribution in [2.45, 2.75) is 30.9 Å². The minimum Gasteiger partial charge on any atom is -0.377 e. The molecule has 1 aliphatic rings. The maximum atomic E-state index is 14.4. The first-order valence-corrected chi connectivity index (χ1v) is 8.89. The molecule has 1 heterocycles. The Morgan fingerprint density at radius 2 is 2.24 bits per heavy atom. The zero-order valence-corrected chi connectivity index (χ0v) is 14.1. The molecule has 118 valence electrons. The van der Waals surface area contributed by atoms with Crippen LogP contribution in [0.25, 0.3) is 0 Å². The predicted molar refractivity (Wildman–Crippen MR) is 80.8 cm³/mol. The van der Waals surface area contributed by atoms with E-state index in [-0.39, 0.29) is 29.7 Å². The topological polar surface area (TPSA) is 72.6 Å². The van der Waals surface area contributed by atoms with Crippen molar-refractivity contribution in [1.82, 2.24) is 4.31 Å². The fraction of sp³-hybridized carbons (Fsp3) is 0.538. The van der Waals surface area contributed by atoms with Crippen LogP contribution in [0.2, 0.25) is 0 Å². The molecule has 1 aromatic carbocycles. The number of nitrogens with zero attached hydrogens (tertiary/aromatic N) is 1. The fourth-order valence-electron chi connectivity index (χ4n) is 2.27. The van der Waals surface area contributed by atoms with Gasteiger partial charge in [0.15, 0.2) is 0 Å². The summed E-state index contributed by atoms with van der Waals surface area (Å²) >= 11 is 3.20. The van der Waals surface area contributed by atoms with E-state index in [0.717, 1.165) is 0 Å². The molecule has 5 nitrogen and oxygen atoms in total. The lowest BCUT2D eigenvalue weighted by Gasteiger charge is -2.22. The van der Waals surface area contributed by atoms with Crippen molar-refractivity contribution in [3.05, 3.63) is 28.0 Å². The molecular weight excluding hydrogens is 363 g/mol. The van der Waals surface area contributed by atoms with Gasteiger partial charge in [-0.3, -0.25) is 0 Å². The first-order chi connectivity index (χ1) is 9.86. The zero-order chi connectivity index (χ0) is 15.6. The van der Waals surface area contributed by atoms with E-state index in [9.17, 15) is 12.8 Å². The lowest BCUT2D eigenvalue weighted by Crippen LogP contribution is -2.36. The Labute approximate surface area is 132 Å². The minimum absolute atomic E-state index is 0.0622. The van der Waals surface area contributed by atoms with Gasteiger partial charge in [-0.25, -0.2) is 12.8 Å². The van der Waals surface area contributed by atoms with Crippen molar-refractivity contribution in [2.75, 3.05) is 19.7 Å². The maximum absolute atomic E-state index is 14.4. The highest BCUT2D eigenvalue weighted by Crippen LogP contribution is 2.27. The number of sulfonamides is 1. The minimum atomic E-state index is -3.91. The summed E-state index contributed by atoms with van der Waals surface area (Å²) in [7, 11) is -3.91. The van der Waals surface area contributed by atoms with Crippen LogP contribution in [0.15, 0.2) is 21.5 Å². The number of nitrogens with two attached hydrogens (primary N) is 1. The lowest BCUT2D eigenvalue weighted by molar-refractivity contribution is 0.0752. The van der Waals surface area contributed by atoms with Crippen molar-refractivity contribution in [1.29, 1.82) is 0 Å². The van der Waals surface area contributed by atoms with E-state index < -0.39 is 15.8 Å². The fourth-order valence-corrected chi connectivity index (χ4v) is 4.61. The number of ether oxygens (including phenoxy) is 1. The van der Waals surface area contributed by atoms with Crippen molar-refractivity contribution in [3.8, 4) is 0 Å². The molecule has 0 aromatic heterocycles. The molecule has 0 aliphatic carbocycles. The van der Waals surface area contributed by atoms with Crippen LogP contribution >= 0.6 is 15.9 Å². The summed E-state index contributed by atoms with van der Waals surface area (Å²) in [4.78, 5) is -0.341. The van der Waals surface area contributed by atoms with Crippen LogP contribution in [0.5, 0.6) is 0 Å². The Balaban J connectivity index is 2.46. The summed E-state index contributed by atoms with van der Waals surface area (Å²) in [6.07, 6.45) is 0.370. The van der Waals surface area contributed by atoms with Gasteiger partial charge < -0.3 is 10.5 Å². The quantitative estimate of drug-likeness (QED) is 0.868. The molecule has 1 aromatic rings. The van der Waals surface area contributed by atoms with Gasteiger partial charge in [-0.15, -0.1) is 0 Å².